The normalized spacial score (nSPS) is 19.0. The van der Waals surface area contributed by atoms with Gasteiger partial charge >= 0.3 is 6.03 Å². The average Bonchev–Trinajstić information content (AvgIpc) is 4.05. The van der Waals surface area contributed by atoms with Crippen LogP contribution in [0.15, 0.2) is 48.9 Å². The van der Waals surface area contributed by atoms with Gasteiger partial charge in [-0.1, -0.05) is 11.6 Å². The Morgan fingerprint density at radius 3 is 2.56 bits per heavy atom. The van der Waals surface area contributed by atoms with Crippen LogP contribution in [0.1, 0.15) is 53.2 Å². The summed E-state index contributed by atoms with van der Waals surface area (Å²) in [7, 11) is 0. The lowest BCUT2D eigenvalue weighted by Crippen LogP contribution is -2.52. The number of fused-ring (bicyclic) bond motifs is 2. The molecular formula is C42H50ClN11O9. The topological polar surface area (TPSA) is 223 Å². The Morgan fingerprint density at radius 1 is 0.921 bits per heavy atom. The molecule has 3 saturated heterocycles. The number of hydrogen-bond donors (Lipinski definition) is 4. The first-order chi connectivity index (χ1) is 30.7. The fourth-order valence-electron chi connectivity index (χ4n) is 8.13. The van der Waals surface area contributed by atoms with Gasteiger partial charge in [-0.3, -0.25) is 29.4 Å². The minimum absolute atomic E-state index is 0.0386. The van der Waals surface area contributed by atoms with Crippen LogP contribution in [0.3, 0.4) is 0 Å². The molecule has 4 aliphatic heterocycles. The summed E-state index contributed by atoms with van der Waals surface area (Å²) in [5.41, 5.74) is 4.76. The molecule has 4 aliphatic rings. The second-order valence-corrected chi connectivity index (χ2v) is 16.0. The molecule has 334 valence electrons. The first-order valence-corrected chi connectivity index (χ1v) is 21.5. The summed E-state index contributed by atoms with van der Waals surface area (Å²) in [6.45, 7) is 7.54. The summed E-state index contributed by atoms with van der Waals surface area (Å²) in [6, 6.07) is 7.99. The maximum atomic E-state index is 13.2. The summed E-state index contributed by atoms with van der Waals surface area (Å²) < 4.78 is 24.5. The lowest BCUT2D eigenvalue weighted by molar-refractivity contribution is -0.137. The lowest BCUT2D eigenvalue weighted by atomic mass is 10.0. The number of pyridine rings is 1. The molecule has 6 amide bonds. The van der Waals surface area contributed by atoms with Crippen LogP contribution in [-0.2, 0) is 35.1 Å². The minimum atomic E-state index is -0.625. The fraction of sp³-hybridized carbons (Fsp3) is 0.476. The molecule has 1 aromatic carbocycles. The van der Waals surface area contributed by atoms with Gasteiger partial charge in [-0.05, 0) is 42.7 Å². The van der Waals surface area contributed by atoms with E-state index in [-0.39, 0.29) is 67.8 Å². The Hall–Kier alpha value is -5.93. The molecule has 20 nitrogen and oxygen atoms in total. The molecule has 0 saturated carbocycles. The van der Waals surface area contributed by atoms with E-state index in [2.05, 4.69) is 46.1 Å². The van der Waals surface area contributed by atoms with E-state index in [0.717, 1.165) is 56.1 Å². The van der Waals surface area contributed by atoms with E-state index in [1.165, 1.54) is 12.3 Å². The number of piperidine rings is 1. The van der Waals surface area contributed by atoms with Crippen molar-refractivity contribution in [2.45, 2.75) is 44.2 Å². The Bertz CT molecular complexity index is 2320. The molecule has 4 N–H and O–H groups in total. The van der Waals surface area contributed by atoms with Crippen molar-refractivity contribution < 1.29 is 42.9 Å². The van der Waals surface area contributed by atoms with Gasteiger partial charge in [0.2, 0.25) is 23.6 Å². The van der Waals surface area contributed by atoms with Crippen molar-refractivity contribution in [2.75, 3.05) is 101 Å². The quantitative estimate of drug-likeness (QED) is 0.0833. The number of piperazine rings is 1. The summed E-state index contributed by atoms with van der Waals surface area (Å²) in [6.07, 6.45) is 6.19. The number of anilines is 3. The van der Waals surface area contributed by atoms with E-state index < -0.39 is 18.0 Å². The summed E-state index contributed by atoms with van der Waals surface area (Å²) in [5.74, 6) is -0.902. The van der Waals surface area contributed by atoms with Crippen molar-refractivity contribution in [3.8, 4) is 5.88 Å². The minimum Gasteiger partial charge on any atom is -0.474 e. The van der Waals surface area contributed by atoms with Gasteiger partial charge in [-0.15, -0.1) is 0 Å². The summed E-state index contributed by atoms with van der Waals surface area (Å²) >= 11 is 6.19. The molecule has 3 aromatic heterocycles. The van der Waals surface area contributed by atoms with E-state index in [9.17, 15) is 24.0 Å². The van der Waals surface area contributed by atoms with Gasteiger partial charge in [0.25, 0.3) is 5.91 Å². The first kappa shape index (κ1) is 43.7. The van der Waals surface area contributed by atoms with Gasteiger partial charge in [0, 0.05) is 88.1 Å². The first-order valence-electron chi connectivity index (χ1n) is 21.1. The third-order valence-corrected chi connectivity index (χ3v) is 11.6. The summed E-state index contributed by atoms with van der Waals surface area (Å²) in [5, 5.41) is 15.4. The van der Waals surface area contributed by atoms with Crippen LogP contribution >= 0.6 is 11.6 Å². The Labute approximate surface area is 367 Å². The number of ether oxygens (including phenoxy) is 4. The standard InChI is InChI=1S/C42H50ClN11O9/c43-29-22-32(48-42(59)49-33-24-45-35-5-8-47-54(35)38(33)27-6-15-62-26-27)40(46-23-29)63-17-9-44-36(55)7-16-60-19-20-61-18-14-51-10-12-52(13-11-51)30-1-2-31-28(21-30)25-53(41(31)58)34-3-4-37(56)50-39(34)57/h1-2,5,8,21-24,27,34H,3-4,6-7,9-20,25-26H2,(H,44,55)(H2,48,49,59)(H,50,56,57). The van der Waals surface area contributed by atoms with Crippen molar-refractivity contribution in [2.24, 2.45) is 0 Å². The third kappa shape index (κ3) is 10.8. The van der Waals surface area contributed by atoms with Crippen LogP contribution < -0.4 is 30.9 Å². The predicted molar refractivity (Wildman–Crippen MR) is 229 cm³/mol. The number of carbonyl (C=O) groups is 5. The molecular weight excluding hydrogens is 838 g/mol. The number of imide groups is 1. The number of amides is 6. The number of halogens is 1. The molecule has 8 rings (SSSR count). The Kier molecular flexibility index (Phi) is 14.2. The highest BCUT2D eigenvalue weighted by Gasteiger charge is 2.39. The molecule has 2 unspecified atom stereocenters. The van der Waals surface area contributed by atoms with E-state index in [0.29, 0.717) is 67.9 Å². The molecule has 21 heteroatoms. The Morgan fingerprint density at radius 2 is 1.75 bits per heavy atom. The third-order valence-electron chi connectivity index (χ3n) is 11.4. The number of benzene rings is 1. The second kappa shape index (κ2) is 20.5. The van der Waals surface area contributed by atoms with E-state index in [1.54, 1.807) is 27.9 Å². The fourth-order valence-corrected chi connectivity index (χ4v) is 8.29. The smallest absolute Gasteiger partial charge is 0.323 e. The van der Waals surface area contributed by atoms with Gasteiger partial charge in [0.15, 0.2) is 5.65 Å². The largest absolute Gasteiger partial charge is 0.474 e. The maximum Gasteiger partial charge on any atom is 0.323 e. The predicted octanol–water partition coefficient (Wildman–Crippen LogP) is 2.43. The number of rotatable bonds is 18. The van der Waals surface area contributed by atoms with Gasteiger partial charge in [0.05, 0.1) is 68.4 Å². The van der Waals surface area contributed by atoms with Crippen LogP contribution in [0.2, 0.25) is 5.02 Å². The second-order valence-electron chi connectivity index (χ2n) is 15.5. The molecule has 0 spiro atoms. The van der Waals surface area contributed by atoms with Gasteiger partial charge < -0.3 is 44.7 Å². The zero-order chi connectivity index (χ0) is 43.7. The molecule has 0 radical (unpaired) electrons. The van der Waals surface area contributed by atoms with Crippen LogP contribution in [0, 0.1) is 0 Å². The Balaban J connectivity index is 0.672. The molecule has 63 heavy (non-hydrogen) atoms. The van der Waals surface area contributed by atoms with E-state index in [1.807, 2.05) is 18.2 Å². The number of nitrogens with one attached hydrogen (secondary N) is 4. The van der Waals surface area contributed by atoms with Crippen LogP contribution in [0.5, 0.6) is 5.88 Å². The zero-order valence-corrected chi connectivity index (χ0v) is 35.4. The van der Waals surface area contributed by atoms with Crippen molar-refractivity contribution >= 4 is 64.0 Å². The zero-order valence-electron chi connectivity index (χ0n) is 34.7. The molecule has 4 aromatic rings. The van der Waals surface area contributed by atoms with E-state index in [4.69, 9.17) is 30.5 Å². The van der Waals surface area contributed by atoms with Crippen LogP contribution in [0.25, 0.3) is 5.65 Å². The van der Waals surface area contributed by atoms with Gasteiger partial charge in [0.1, 0.15) is 18.3 Å². The SMILES string of the molecule is O=C(CCOCCOCCN1CCN(c2ccc3c(c2)CN(C2CCC(=O)NC2=O)C3=O)CC1)NCCOc1ncc(Cl)cc1NC(=O)Nc1cnc2ccnn2c1C1CCOC1. The molecule has 3 fully saturated rings. The highest BCUT2D eigenvalue weighted by atomic mass is 35.5. The summed E-state index contributed by atoms with van der Waals surface area (Å²) in [4.78, 5) is 77.4. The highest BCUT2D eigenvalue weighted by Crippen LogP contribution is 2.33. The highest BCUT2D eigenvalue weighted by molar-refractivity contribution is 6.30. The van der Waals surface area contributed by atoms with Crippen molar-refractivity contribution in [3.05, 3.63) is 70.8 Å². The number of urea groups is 1. The maximum absolute atomic E-state index is 13.2. The average molecular weight is 888 g/mol. The van der Waals surface area contributed by atoms with E-state index >= 15 is 0 Å². The number of hydrogen-bond acceptors (Lipinski definition) is 14. The van der Waals surface area contributed by atoms with Crippen molar-refractivity contribution in [1.29, 1.82) is 0 Å². The van der Waals surface area contributed by atoms with Crippen LogP contribution in [0.4, 0.5) is 21.9 Å². The van der Waals surface area contributed by atoms with Crippen molar-refractivity contribution in [3.63, 3.8) is 0 Å². The number of aromatic nitrogens is 4. The molecule has 7 heterocycles. The number of nitrogens with zero attached hydrogens (tertiary/aromatic N) is 7. The lowest BCUT2D eigenvalue weighted by Gasteiger charge is -2.36. The molecule has 0 bridgehead atoms. The monoisotopic (exact) mass is 887 g/mol. The number of carbonyl (C=O) groups excluding carboxylic acids is 5. The molecule has 2 atom stereocenters. The van der Waals surface area contributed by atoms with Gasteiger partial charge in [-0.25, -0.2) is 19.3 Å². The van der Waals surface area contributed by atoms with Crippen molar-refractivity contribution in [1.82, 2.24) is 40.0 Å². The molecule has 0 aliphatic carbocycles. The van der Waals surface area contributed by atoms with Crippen LogP contribution in [-0.4, -0.2) is 151 Å². The van der Waals surface area contributed by atoms with Gasteiger partial charge in [-0.2, -0.15) is 5.10 Å².